The van der Waals surface area contributed by atoms with E-state index in [2.05, 4.69) is 12.6 Å². The summed E-state index contributed by atoms with van der Waals surface area (Å²) in [5.41, 5.74) is 0.802. The fraction of sp³-hybridized carbons (Fsp3) is 0.111. The summed E-state index contributed by atoms with van der Waals surface area (Å²) in [6, 6.07) is 4.83. The Bertz CT molecular complexity index is 402. The number of carbonyl (C=O) groups is 1. The number of benzene rings is 1. The van der Waals surface area contributed by atoms with E-state index in [1.165, 1.54) is 12.1 Å². The van der Waals surface area contributed by atoms with Crippen LogP contribution in [0.4, 0.5) is 0 Å². The highest BCUT2D eigenvalue weighted by Crippen LogP contribution is 2.25. The Balaban J connectivity index is 3.19. The highest BCUT2D eigenvalue weighted by molar-refractivity contribution is 7.80. The Morgan fingerprint density at radius 3 is 2.71 bits per heavy atom. The predicted octanol–water partition coefficient (Wildman–Crippen LogP) is 2.13. The summed E-state index contributed by atoms with van der Waals surface area (Å²) >= 11 is 9.86. The number of hydrogen-bond acceptors (Lipinski definition) is 3. The molecule has 72 valence electrons. The lowest BCUT2D eigenvalue weighted by molar-refractivity contribution is -0.136. The minimum absolute atomic E-state index is 0.191. The van der Waals surface area contributed by atoms with Crippen molar-refractivity contribution in [2.24, 2.45) is 0 Å². The van der Waals surface area contributed by atoms with Gasteiger partial charge in [0.2, 0.25) is 0 Å². The van der Waals surface area contributed by atoms with Gasteiger partial charge in [-0.05, 0) is 17.7 Å². The van der Waals surface area contributed by atoms with Gasteiger partial charge in [-0.3, -0.25) is 4.79 Å². The molecule has 14 heavy (non-hydrogen) atoms. The van der Waals surface area contributed by atoms with Crippen LogP contribution in [0.5, 0.6) is 0 Å². The fourth-order valence-electron chi connectivity index (χ4n) is 1.01. The average Bonchev–Trinajstić information content (AvgIpc) is 2.10. The van der Waals surface area contributed by atoms with Crippen LogP contribution in [-0.2, 0) is 11.2 Å². The molecule has 0 aliphatic heterocycles. The highest BCUT2D eigenvalue weighted by atomic mass is 35.5. The second-order valence-electron chi connectivity index (χ2n) is 2.64. The zero-order valence-electron chi connectivity index (χ0n) is 6.99. The van der Waals surface area contributed by atoms with Gasteiger partial charge in [0, 0.05) is 9.92 Å². The summed E-state index contributed by atoms with van der Waals surface area (Å²) < 4.78 is 0. The largest absolute Gasteiger partial charge is 0.481 e. The Morgan fingerprint density at radius 2 is 2.29 bits per heavy atom. The van der Waals surface area contributed by atoms with E-state index in [4.69, 9.17) is 22.0 Å². The molecule has 0 aromatic heterocycles. The van der Waals surface area contributed by atoms with Crippen molar-refractivity contribution >= 4 is 30.2 Å². The van der Waals surface area contributed by atoms with Crippen LogP contribution in [0.2, 0.25) is 5.02 Å². The number of thiol groups is 1. The van der Waals surface area contributed by atoms with Gasteiger partial charge in [0.25, 0.3) is 0 Å². The molecule has 3 nitrogen and oxygen atoms in total. The highest BCUT2D eigenvalue weighted by Gasteiger charge is 2.10. The smallest absolute Gasteiger partial charge is 0.307 e. The maximum absolute atomic E-state index is 10.5. The van der Waals surface area contributed by atoms with Crippen molar-refractivity contribution in [3.63, 3.8) is 0 Å². The van der Waals surface area contributed by atoms with E-state index >= 15 is 0 Å². The van der Waals surface area contributed by atoms with E-state index in [1.807, 2.05) is 6.07 Å². The van der Waals surface area contributed by atoms with E-state index < -0.39 is 5.97 Å². The molecule has 0 radical (unpaired) electrons. The monoisotopic (exact) mass is 227 g/mol. The molecule has 1 N–H and O–H groups in total. The zero-order chi connectivity index (χ0) is 10.7. The van der Waals surface area contributed by atoms with Crippen molar-refractivity contribution in [2.45, 2.75) is 11.3 Å². The molecule has 0 amide bonds. The number of carboxylic acids is 1. The van der Waals surface area contributed by atoms with Crippen LogP contribution in [0.15, 0.2) is 17.0 Å². The molecule has 0 spiro atoms. The van der Waals surface area contributed by atoms with Gasteiger partial charge in [-0.1, -0.05) is 11.6 Å². The second-order valence-corrected chi connectivity index (χ2v) is 3.53. The second kappa shape index (κ2) is 4.36. The van der Waals surface area contributed by atoms with Crippen molar-refractivity contribution in [2.75, 3.05) is 0 Å². The standard InChI is InChI=1S/C9H6ClNO2S/c10-7-1-5(4-11)2-8(14)6(7)3-9(12)13/h1-2,14H,3H2,(H,12,13). The van der Waals surface area contributed by atoms with Crippen molar-refractivity contribution in [3.8, 4) is 6.07 Å². The van der Waals surface area contributed by atoms with E-state index in [-0.39, 0.29) is 11.4 Å². The van der Waals surface area contributed by atoms with E-state index in [1.54, 1.807) is 0 Å². The van der Waals surface area contributed by atoms with Crippen LogP contribution >= 0.6 is 24.2 Å². The first kappa shape index (κ1) is 10.9. The normalized spacial score (nSPS) is 9.50. The van der Waals surface area contributed by atoms with Gasteiger partial charge < -0.3 is 5.11 Å². The summed E-state index contributed by atoms with van der Waals surface area (Å²) in [7, 11) is 0. The van der Waals surface area contributed by atoms with Crippen molar-refractivity contribution < 1.29 is 9.90 Å². The van der Waals surface area contributed by atoms with Crippen LogP contribution < -0.4 is 0 Å². The maximum atomic E-state index is 10.5. The van der Waals surface area contributed by atoms with Crippen LogP contribution in [0, 0.1) is 11.3 Å². The first-order valence-electron chi connectivity index (χ1n) is 3.68. The lowest BCUT2D eigenvalue weighted by atomic mass is 10.1. The molecule has 0 fully saturated rings. The number of aliphatic carboxylic acids is 1. The zero-order valence-corrected chi connectivity index (χ0v) is 8.64. The average molecular weight is 228 g/mol. The molecule has 0 aliphatic carbocycles. The molecule has 5 heteroatoms. The summed E-state index contributed by atoms with van der Waals surface area (Å²) in [5, 5.41) is 17.4. The van der Waals surface area contributed by atoms with Crippen molar-refractivity contribution in [1.29, 1.82) is 5.26 Å². The van der Waals surface area contributed by atoms with Crippen LogP contribution in [0.3, 0.4) is 0 Å². The summed E-state index contributed by atoms with van der Waals surface area (Å²) in [6.45, 7) is 0. The third kappa shape index (κ3) is 2.41. The van der Waals surface area contributed by atoms with E-state index in [0.717, 1.165) is 0 Å². The number of nitriles is 1. The molecule has 0 unspecified atom stereocenters. The number of halogens is 1. The van der Waals surface area contributed by atoms with Gasteiger partial charge in [0.15, 0.2) is 0 Å². The quantitative estimate of drug-likeness (QED) is 0.761. The molecule has 0 saturated carbocycles. The Labute approximate surface area is 91.3 Å². The molecule has 1 aromatic rings. The molecular weight excluding hydrogens is 222 g/mol. The lowest BCUT2D eigenvalue weighted by Gasteiger charge is -2.05. The van der Waals surface area contributed by atoms with Crippen LogP contribution in [-0.4, -0.2) is 11.1 Å². The third-order valence-corrected chi connectivity index (χ3v) is 2.37. The lowest BCUT2D eigenvalue weighted by Crippen LogP contribution is -2.02. The van der Waals surface area contributed by atoms with Crippen molar-refractivity contribution in [3.05, 3.63) is 28.3 Å². The topological polar surface area (TPSA) is 61.1 Å². The summed E-state index contributed by atoms with van der Waals surface area (Å²) in [5.74, 6) is -0.980. The minimum Gasteiger partial charge on any atom is -0.481 e. The van der Waals surface area contributed by atoms with Gasteiger partial charge in [0.05, 0.1) is 18.1 Å². The molecule has 0 heterocycles. The van der Waals surface area contributed by atoms with Gasteiger partial charge in [-0.25, -0.2) is 0 Å². The van der Waals surface area contributed by atoms with Gasteiger partial charge in [-0.15, -0.1) is 12.6 Å². The number of hydrogen-bond donors (Lipinski definition) is 2. The number of carboxylic acid groups (broad SMARTS) is 1. The molecule has 0 bridgehead atoms. The molecule has 1 aromatic carbocycles. The molecule has 0 aliphatic rings. The van der Waals surface area contributed by atoms with Crippen molar-refractivity contribution in [1.82, 2.24) is 0 Å². The summed E-state index contributed by atoms with van der Waals surface area (Å²) in [6.07, 6.45) is -0.191. The summed E-state index contributed by atoms with van der Waals surface area (Å²) in [4.78, 5) is 10.9. The van der Waals surface area contributed by atoms with E-state index in [0.29, 0.717) is 16.0 Å². The van der Waals surface area contributed by atoms with Gasteiger partial charge in [-0.2, -0.15) is 5.26 Å². The molecule has 0 saturated heterocycles. The number of nitrogens with zero attached hydrogens (tertiary/aromatic N) is 1. The van der Waals surface area contributed by atoms with Crippen LogP contribution in [0.1, 0.15) is 11.1 Å². The molecular formula is C9H6ClNO2S. The molecule has 0 atom stereocenters. The first-order valence-corrected chi connectivity index (χ1v) is 4.50. The third-order valence-electron chi connectivity index (χ3n) is 1.63. The van der Waals surface area contributed by atoms with Gasteiger partial charge in [0.1, 0.15) is 0 Å². The van der Waals surface area contributed by atoms with E-state index in [9.17, 15) is 4.79 Å². The Hall–Kier alpha value is -1.18. The predicted molar refractivity (Wildman–Crippen MR) is 54.8 cm³/mol. The first-order chi connectivity index (χ1) is 6.54. The fourth-order valence-corrected chi connectivity index (χ4v) is 1.70. The van der Waals surface area contributed by atoms with Gasteiger partial charge >= 0.3 is 5.97 Å². The Kier molecular flexibility index (Phi) is 3.39. The Morgan fingerprint density at radius 1 is 1.64 bits per heavy atom. The SMILES string of the molecule is N#Cc1cc(S)c(CC(=O)O)c(Cl)c1. The maximum Gasteiger partial charge on any atom is 0.307 e. The minimum atomic E-state index is -0.980. The van der Waals surface area contributed by atoms with Crippen LogP contribution in [0.25, 0.3) is 0 Å². The number of rotatable bonds is 2. The molecule has 1 rings (SSSR count).